The molecule has 3 rings (SSSR count). The van der Waals surface area contributed by atoms with Crippen LogP contribution in [0.25, 0.3) is 0 Å². The number of thiazole rings is 1. The normalized spacial score (nSPS) is 11.6. The van der Waals surface area contributed by atoms with Gasteiger partial charge in [0.15, 0.2) is 5.13 Å². The van der Waals surface area contributed by atoms with Crippen LogP contribution in [0.4, 0.5) is 10.8 Å². The van der Waals surface area contributed by atoms with Crippen molar-refractivity contribution in [1.82, 2.24) is 10.3 Å². The van der Waals surface area contributed by atoms with Crippen molar-refractivity contribution in [2.75, 3.05) is 4.90 Å². The van der Waals surface area contributed by atoms with Crippen molar-refractivity contribution in [3.63, 3.8) is 0 Å². The van der Waals surface area contributed by atoms with E-state index in [9.17, 15) is 14.4 Å². The number of hydrogen-bond donors (Lipinski definition) is 1. The number of benzene rings is 1. The van der Waals surface area contributed by atoms with Gasteiger partial charge in [-0.2, -0.15) is 0 Å². The highest BCUT2D eigenvalue weighted by atomic mass is 32.1. The zero-order valence-electron chi connectivity index (χ0n) is 18.4. The van der Waals surface area contributed by atoms with E-state index in [4.69, 9.17) is 4.74 Å². The predicted molar refractivity (Wildman–Crippen MR) is 126 cm³/mol. The molecule has 1 atom stereocenters. The Hall–Kier alpha value is -3.04. The van der Waals surface area contributed by atoms with Gasteiger partial charge in [-0.25, -0.2) is 4.98 Å². The first-order valence-corrected chi connectivity index (χ1v) is 11.8. The first kappa shape index (κ1) is 23.6. The van der Waals surface area contributed by atoms with Gasteiger partial charge < -0.3 is 10.1 Å². The Morgan fingerprint density at radius 3 is 2.56 bits per heavy atom. The van der Waals surface area contributed by atoms with Crippen molar-refractivity contribution in [3.05, 3.63) is 62.8 Å². The Balaban J connectivity index is 1.67. The summed E-state index contributed by atoms with van der Waals surface area (Å²) < 4.78 is 5.40. The van der Waals surface area contributed by atoms with Crippen molar-refractivity contribution in [3.8, 4) is 0 Å². The highest BCUT2D eigenvalue weighted by molar-refractivity contribution is 7.14. The molecule has 0 saturated carbocycles. The number of hydrogen-bond acceptors (Lipinski definition) is 7. The maximum absolute atomic E-state index is 12.4. The Morgan fingerprint density at radius 2 is 1.91 bits per heavy atom. The van der Waals surface area contributed by atoms with Gasteiger partial charge in [0.1, 0.15) is 6.61 Å². The topological polar surface area (TPSA) is 88.6 Å². The maximum atomic E-state index is 12.4. The van der Waals surface area contributed by atoms with E-state index in [1.807, 2.05) is 49.6 Å². The number of amides is 2. The summed E-state index contributed by atoms with van der Waals surface area (Å²) in [5, 5.41) is 6.97. The third kappa shape index (κ3) is 5.80. The van der Waals surface area contributed by atoms with Gasteiger partial charge >= 0.3 is 5.97 Å². The molecule has 0 saturated heterocycles. The molecule has 1 unspecified atom stereocenters. The number of carbonyl (C=O) groups is 3. The minimum absolute atomic E-state index is 0.00882. The zero-order valence-corrected chi connectivity index (χ0v) is 20.0. The van der Waals surface area contributed by atoms with Crippen LogP contribution in [0.15, 0.2) is 41.1 Å². The third-order valence-corrected chi connectivity index (χ3v) is 6.74. The zero-order chi connectivity index (χ0) is 23.3. The van der Waals surface area contributed by atoms with Crippen LogP contribution in [-0.2, 0) is 25.7 Å². The smallest absolute Gasteiger partial charge is 0.308 e. The van der Waals surface area contributed by atoms with E-state index in [1.54, 1.807) is 10.3 Å². The van der Waals surface area contributed by atoms with Crippen LogP contribution in [0.3, 0.4) is 0 Å². The largest absolute Gasteiger partial charge is 0.459 e. The molecule has 0 fully saturated rings. The van der Waals surface area contributed by atoms with Crippen LogP contribution in [0, 0.1) is 13.8 Å². The van der Waals surface area contributed by atoms with Gasteiger partial charge in [0.2, 0.25) is 11.8 Å². The van der Waals surface area contributed by atoms with Crippen LogP contribution >= 0.6 is 22.7 Å². The molecule has 0 bridgehead atoms. The molecule has 0 radical (unpaired) electrons. The molecule has 7 nitrogen and oxygen atoms in total. The molecule has 3 aromatic rings. The molecule has 2 heterocycles. The predicted octanol–water partition coefficient (Wildman–Crippen LogP) is 4.82. The molecule has 0 spiro atoms. The van der Waals surface area contributed by atoms with Gasteiger partial charge in [-0.3, -0.25) is 19.3 Å². The molecule has 168 valence electrons. The molecular formula is C23H25N3O4S2. The molecule has 9 heteroatoms. The minimum Gasteiger partial charge on any atom is -0.459 e. The molecule has 1 aromatic carbocycles. The summed E-state index contributed by atoms with van der Waals surface area (Å²) in [6.45, 7) is 6.87. The number of rotatable bonds is 8. The van der Waals surface area contributed by atoms with Gasteiger partial charge in [-0.15, -0.1) is 22.7 Å². The van der Waals surface area contributed by atoms with E-state index in [1.165, 1.54) is 36.5 Å². The highest BCUT2D eigenvalue weighted by Gasteiger charge is 2.22. The molecule has 0 aliphatic carbocycles. The molecule has 0 aliphatic rings. The number of ether oxygens (including phenoxy) is 1. The molecule has 32 heavy (non-hydrogen) atoms. The van der Waals surface area contributed by atoms with Crippen LogP contribution < -0.4 is 10.2 Å². The number of nitrogens with zero attached hydrogens (tertiary/aromatic N) is 2. The molecule has 2 aromatic heterocycles. The van der Waals surface area contributed by atoms with Gasteiger partial charge in [-0.05, 0) is 42.5 Å². The van der Waals surface area contributed by atoms with Crippen LogP contribution in [0.2, 0.25) is 0 Å². The van der Waals surface area contributed by atoms with Crippen molar-refractivity contribution < 1.29 is 19.1 Å². The van der Waals surface area contributed by atoms with Crippen LogP contribution in [0.5, 0.6) is 0 Å². The summed E-state index contributed by atoms with van der Waals surface area (Å²) in [5.74, 6) is -0.800. The van der Waals surface area contributed by atoms with Gasteiger partial charge in [0, 0.05) is 24.1 Å². The van der Waals surface area contributed by atoms with E-state index in [-0.39, 0.29) is 24.8 Å². The number of aryl methyl sites for hydroxylation is 1. The lowest BCUT2D eigenvalue weighted by atomic mass is 10.1. The summed E-state index contributed by atoms with van der Waals surface area (Å²) in [5.41, 5.74) is 3.42. The molecule has 0 aliphatic heterocycles. The quantitative estimate of drug-likeness (QED) is 0.476. The summed E-state index contributed by atoms with van der Waals surface area (Å²) in [6, 6.07) is 9.10. The van der Waals surface area contributed by atoms with Crippen molar-refractivity contribution >= 4 is 51.3 Å². The Labute approximate surface area is 195 Å². The number of thiophene rings is 1. The summed E-state index contributed by atoms with van der Waals surface area (Å²) in [7, 11) is 0. The van der Waals surface area contributed by atoms with Crippen LogP contribution in [0.1, 0.15) is 48.0 Å². The second-order valence-electron chi connectivity index (χ2n) is 7.33. The SMILES string of the molecule is CC(=O)NC(CC(=O)OCc1csc(N(C(C)=O)c2cccc(C)c2C)n1)c1cccs1. The average Bonchev–Trinajstić information content (AvgIpc) is 3.41. The van der Waals surface area contributed by atoms with E-state index >= 15 is 0 Å². The number of anilines is 2. The summed E-state index contributed by atoms with van der Waals surface area (Å²) in [6.07, 6.45) is 0.0269. The third-order valence-electron chi connectivity index (χ3n) is 4.88. The maximum Gasteiger partial charge on any atom is 0.308 e. The van der Waals surface area contributed by atoms with E-state index < -0.39 is 12.0 Å². The summed E-state index contributed by atoms with van der Waals surface area (Å²) >= 11 is 2.78. The van der Waals surface area contributed by atoms with Crippen LogP contribution in [-0.4, -0.2) is 22.8 Å². The second kappa shape index (κ2) is 10.5. The number of carbonyl (C=O) groups excluding carboxylic acids is 3. The number of nitrogens with one attached hydrogen (secondary N) is 1. The van der Waals surface area contributed by atoms with Gasteiger partial charge in [-0.1, -0.05) is 18.2 Å². The number of aromatic nitrogens is 1. The first-order valence-electron chi connectivity index (χ1n) is 10.0. The lowest BCUT2D eigenvalue weighted by Crippen LogP contribution is -2.28. The Morgan fingerprint density at radius 1 is 1.12 bits per heavy atom. The molecular weight excluding hydrogens is 446 g/mol. The standard InChI is InChI=1S/C23H25N3O4S2/c1-14-7-5-8-20(15(14)2)26(17(4)28)23-25-18(13-32-23)12-30-22(29)11-19(24-16(3)27)21-9-6-10-31-21/h5-10,13,19H,11-12H2,1-4H3,(H,24,27). The van der Waals surface area contributed by atoms with Crippen molar-refractivity contribution in [2.24, 2.45) is 0 Å². The summed E-state index contributed by atoms with van der Waals surface area (Å²) in [4.78, 5) is 43.2. The van der Waals surface area contributed by atoms with E-state index in [2.05, 4.69) is 10.3 Å². The fourth-order valence-electron chi connectivity index (χ4n) is 3.19. The lowest BCUT2D eigenvalue weighted by molar-refractivity contribution is -0.145. The fourth-order valence-corrected chi connectivity index (χ4v) is 4.83. The Bertz CT molecular complexity index is 1110. The monoisotopic (exact) mass is 471 g/mol. The average molecular weight is 472 g/mol. The highest BCUT2D eigenvalue weighted by Crippen LogP contribution is 2.32. The first-order chi connectivity index (χ1) is 15.3. The number of esters is 1. The van der Waals surface area contributed by atoms with E-state index in [0.29, 0.717) is 10.8 Å². The van der Waals surface area contributed by atoms with Gasteiger partial charge in [0.05, 0.1) is 23.8 Å². The minimum atomic E-state index is -0.440. The van der Waals surface area contributed by atoms with Crippen molar-refractivity contribution in [1.29, 1.82) is 0 Å². The van der Waals surface area contributed by atoms with Gasteiger partial charge in [0.25, 0.3) is 0 Å². The Kier molecular flexibility index (Phi) is 7.76. The second-order valence-corrected chi connectivity index (χ2v) is 9.14. The molecule has 2 amide bonds. The molecule has 1 N–H and O–H groups in total. The van der Waals surface area contributed by atoms with E-state index in [0.717, 1.165) is 21.7 Å². The van der Waals surface area contributed by atoms with Crippen molar-refractivity contribution in [2.45, 2.75) is 46.8 Å². The lowest BCUT2D eigenvalue weighted by Gasteiger charge is -2.21. The fraction of sp³-hybridized carbons (Fsp3) is 0.304.